The van der Waals surface area contributed by atoms with Gasteiger partial charge in [-0.05, 0) is 28.1 Å². The Kier molecular flexibility index (Phi) is 4.06. The summed E-state index contributed by atoms with van der Waals surface area (Å²) in [5.41, 5.74) is 6.17. The molecule has 1 aliphatic heterocycles. The van der Waals surface area contributed by atoms with E-state index in [-0.39, 0.29) is 12.2 Å². The molecule has 1 fully saturated rings. The van der Waals surface area contributed by atoms with Gasteiger partial charge in [-0.25, -0.2) is 4.79 Å². The number of aliphatic carboxylic acids is 1. The molecule has 102 valence electrons. The van der Waals surface area contributed by atoms with Crippen LogP contribution in [0.4, 0.5) is 5.69 Å². The van der Waals surface area contributed by atoms with Gasteiger partial charge in [0.05, 0.1) is 24.5 Å². The number of carbonyl (C=O) groups excluding carboxylic acids is 1. The molecule has 6 nitrogen and oxygen atoms in total. The van der Waals surface area contributed by atoms with Crippen LogP contribution in [0.15, 0.2) is 22.7 Å². The molecule has 1 heterocycles. The summed E-state index contributed by atoms with van der Waals surface area (Å²) in [4.78, 5) is 24.4. The van der Waals surface area contributed by atoms with Crippen molar-refractivity contribution < 1.29 is 19.4 Å². The van der Waals surface area contributed by atoms with E-state index < -0.39 is 17.9 Å². The lowest BCUT2D eigenvalue weighted by Crippen LogP contribution is -2.50. The van der Waals surface area contributed by atoms with Crippen LogP contribution in [0.2, 0.25) is 0 Å². The van der Waals surface area contributed by atoms with Crippen LogP contribution in [0.5, 0.6) is 0 Å². The number of carboxylic acid groups (broad SMARTS) is 1. The van der Waals surface area contributed by atoms with E-state index in [0.29, 0.717) is 23.3 Å². The van der Waals surface area contributed by atoms with Gasteiger partial charge in [0, 0.05) is 11.0 Å². The maximum absolute atomic E-state index is 11.5. The number of hydrogen-bond donors (Lipinski definition) is 2. The van der Waals surface area contributed by atoms with Crippen molar-refractivity contribution in [2.45, 2.75) is 6.04 Å². The van der Waals surface area contributed by atoms with E-state index in [9.17, 15) is 14.7 Å². The topological polar surface area (TPSA) is 92.9 Å². The molecule has 0 aromatic heterocycles. The minimum absolute atomic E-state index is 0.0834. The number of halogens is 1. The molecule has 1 aromatic carbocycles. The zero-order chi connectivity index (χ0) is 14.0. The molecule has 1 unspecified atom stereocenters. The average Bonchev–Trinajstić information content (AvgIpc) is 2.37. The first-order valence-electron chi connectivity index (χ1n) is 5.68. The summed E-state index contributed by atoms with van der Waals surface area (Å²) >= 11 is 3.27. The van der Waals surface area contributed by atoms with Gasteiger partial charge in [0.2, 0.25) is 0 Å². The molecule has 0 saturated carbocycles. The Morgan fingerprint density at radius 2 is 2.21 bits per heavy atom. The second-order valence-corrected chi connectivity index (χ2v) is 4.97. The summed E-state index contributed by atoms with van der Waals surface area (Å²) in [6.45, 7) is 0.891. The quantitative estimate of drug-likeness (QED) is 0.857. The molecule has 7 heteroatoms. The molecule has 0 radical (unpaired) electrons. The molecule has 1 aromatic rings. The SMILES string of the molecule is NC(=O)c1c(Br)cccc1N1CCOCC1C(=O)O. The highest BCUT2D eigenvalue weighted by atomic mass is 79.9. The molecular weight excluding hydrogens is 316 g/mol. The van der Waals surface area contributed by atoms with Gasteiger partial charge in [-0.15, -0.1) is 0 Å². The van der Waals surface area contributed by atoms with Crippen LogP contribution < -0.4 is 10.6 Å². The van der Waals surface area contributed by atoms with Gasteiger partial charge in [-0.1, -0.05) is 6.07 Å². The molecule has 0 aliphatic carbocycles. The Labute approximate surface area is 118 Å². The van der Waals surface area contributed by atoms with Crippen LogP contribution in [0.1, 0.15) is 10.4 Å². The molecule has 1 amide bonds. The predicted octanol–water partition coefficient (Wildman–Crippen LogP) is 0.838. The fraction of sp³-hybridized carbons (Fsp3) is 0.333. The number of nitrogens with zero attached hydrogens (tertiary/aromatic N) is 1. The lowest BCUT2D eigenvalue weighted by Gasteiger charge is -2.35. The number of morpholine rings is 1. The Hall–Kier alpha value is -1.60. The Morgan fingerprint density at radius 3 is 2.84 bits per heavy atom. The molecule has 1 aliphatic rings. The van der Waals surface area contributed by atoms with Crippen molar-refractivity contribution in [3.63, 3.8) is 0 Å². The number of benzene rings is 1. The van der Waals surface area contributed by atoms with E-state index >= 15 is 0 Å². The van der Waals surface area contributed by atoms with Gasteiger partial charge < -0.3 is 20.5 Å². The zero-order valence-corrected chi connectivity index (χ0v) is 11.6. The fourth-order valence-corrected chi connectivity index (χ4v) is 2.64. The normalized spacial score (nSPS) is 19.2. The first-order valence-corrected chi connectivity index (χ1v) is 6.47. The number of carboxylic acids is 1. The number of hydrogen-bond acceptors (Lipinski definition) is 4. The van der Waals surface area contributed by atoms with Crippen molar-refractivity contribution in [2.24, 2.45) is 5.73 Å². The number of nitrogens with two attached hydrogens (primary N) is 1. The van der Waals surface area contributed by atoms with Crippen molar-refractivity contribution in [3.8, 4) is 0 Å². The first-order chi connectivity index (χ1) is 9.02. The third-order valence-corrected chi connectivity index (χ3v) is 3.62. The minimum atomic E-state index is -0.991. The Balaban J connectivity index is 2.47. The van der Waals surface area contributed by atoms with Crippen LogP contribution >= 0.6 is 15.9 Å². The maximum Gasteiger partial charge on any atom is 0.328 e. The summed E-state index contributed by atoms with van der Waals surface area (Å²) in [6, 6.07) is 4.30. The van der Waals surface area contributed by atoms with Crippen LogP contribution in [0.25, 0.3) is 0 Å². The molecule has 3 N–H and O–H groups in total. The minimum Gasteiger partial charge on any atom is -0.480 e. The van der Waals surface area contributed by atoms with Crippen molar-refractivity contribution >= 4 is 33.5 Å². The van der Waals surface area contributed by atoms with E-state index in [2.05, 4.69) is 15.9 Å². The fourth-order valence-electron chi connectivity index (χ4n) is 2.09. The van der Waals surface area contributed by atoms with Crippen molar-refractivity contribution in [2.75, 3.05) is 24.7 Å². The van der Waals surface area contributed by atoms with Crippen LogP contribution in [0, 0.1) is 0 Å². The van der Waals surface area contributed by atoms with Gasteiger partial charge in [0.15, 0.2) is 6.04 Å². The van der Waals surface area contributed by atoms with Gasteiger partial charge in [0.25, 0.3) is 5.91 Å². The Morgan fingerprint density at radius 1 is 1.47 bits per heavy atom. The van der Waals surface area contributed by atoms with Crippen LogP contribution in [-0.2, 0) is 9.53 Å². The highest BCUT2D eigenvalue weighted by Crippen LogP contribution is 2.29. The third kappa shape index (κ3) is 2.71. The number of primary amides is 1. The molecule has 0 bridgehead atoms. The van der Waals surface area contributed by atoms with Gasteiger partial charge >= 0.3 is 5.97 Å². The van der Waals surface area contributed by atoms with Gasteiger partial charge in [-0.3, -0.25) is 4.79 Å². The lowest BCUT2D eigenvalue weighted by atomic mass is 10.1. The number of carbonyl (C=O) groups is 2. The second kappa shape index (κ2) is 5.58. The summed E-state index contributed by atoms with van der Waals surface area (Å²) in [5.74, 6) is -1.59. The van der Waals surface area contributed by atoms with E-state index in [1.165, 1.54) is 0 Å². The van der Waals surface area contributed by atoms with Crippen LogP contribution in [-0.4, -0.2) is 42.8 Å². The second-order valence-electron chi connectivity index (χ2n) is 4.12. The average molecular weight is 329 g/mol. The summed E-state index contributed by atoms with van der Waals surface area (Å²) < 4.78 is 5.72. The molecule has 19 heavy (non-hydrogen) atoms. The highest BCUT2D eigenvalue weighted by Gasteiger charge is 2.31. The molecule has 1 atom stereocenters. The lowest BCUT2D eigenvalue weighted by molar-refractivity contribution is -0.141. The summed E-state index contributed by atoms with van der Waals surface area (Å²) in [5, 5.41) is 9.22. The number of anilines is 1. The number of ether oxygens (including phenoxy) is 1. The summed E-state index contributed by atoms with van der Waals surface area (Å²) in [6.07, 6.45) is 0. The predicted molar refractivity (Wildman–Crippen MR) is 72.2 cm³/mol. The monoisotopic (exact) mass is 328 g/mol. The maximum atomic E-state index is 11.5. The van der Waals surface area contributed by atoms with Crippen molar-refractivity contribution in [1.82, 2.24) is 0 Å². The molecule has 0 spiro atoms. The molecule has 2 rings (SSSR count). The smallest absolute Gasteiger partial charge is 0.328 e. The highest BCUT2D eigenvalue weighted by molar-refractivity contribution is 9.10. The number of rotatable bonds is 3. The standard InChI is InChI=1S/C12H13BrN2O4/c13-7-2-1-3-8(10(7)11(14)16)15-4-5-19-6-9(15)12(17)18/h1-3,9H,4-6H2,(H2,14,16)(H,17,18). The summed E-state index contributed by atoms with van der Waals surface area (Å²) in [7, 11) is 0. The largest absolute Gasteiger partial charge is 0.480 e. The van der Waals surface area contributed by atoms with Gasteiger partial charge in [-0.2, -0.15) is 0 Å². The van der Waals surface area contributed by atoms with E-state index in [0.717, 1.165) is 0 Å². The van der Waals surface area contributed by atoms with Crippen molar-refractivity contribution in [1.29, 1.82) is 0 Å². The molecular formula is C12H13BrN2O4. The first kappa shape index (κ1) is 13.8. The van der Waals surface area contributed by atoms with E-state index in [1.807, 2.05) is 0 Å². The Bertz CT molecular complexity index is 520. The van der Waals surface area contributed by atoms with E-state index in [1.54, 1.807) is 23.1 Å². The number of amides is 1. The van der Waals surface area contributed by atoms with Crippen LogP contribution in [0.3, 0.4) is 0 Å². The third-order valence-electron chi connectivity index (χ3n) is 2.96. The van der Waals surface area contributed by atoms with Crippen molar-refractivity contribution in [3.05, 3.63) is 28.2 Å². The van der Waals surface area contributed by atoms with E-state index in [4.69, 9.17) is 10.5 Å². The molecule has 1 saturated heterocycles. The van der Waals surface area contributed by atoms with Gasteiger partial charge in [0.1, 0.15) is 0 Å². The zero-order valence-electron chi connectivity index (χ0n) is 10.0.